The molecule has 1 aromatic rings. The molecule has 1 atom stereocenters. The molecule has 0 radical (unpaired) electrons. The number of hydrogen-bond acceptors (Lipinski definition) is 4. The molecule has 0 bridgehead atoms. The number of likely N-dealkylation sites (N-methyl/N-ethyl adjacent to an activating group) is 1. The van der Waals surface area contributed by atoms with Crippen LogP contribution in [0.1, 0.15) is 31.7 Å². The van der Waals surface area contributed by atoms with E-state index in [2.05, 4.69) is 46.2 Å². The van der Waals surface area contributed by atoms with Crippen LogP contribution in [0.15, 0.2) is 18.3 Å². The molecular weight excluding hydrogens is 248 g/mol. The maximum absolute atomic E-state index is 4.66. The Morgan fingerprint density at radius 3 is 2.80 bits per heavy atom. The minimum atomic E-state index is 0.654. The Balaban J connectivity index is 1.58. The van der Waals surface area contributed by atoms with Crippen LogP contribution in [0.3, 0.4) is 0 Å². The van der Waals surface area contributed by atoms with E-state index in [1.165, 1.54) is 24.8 Å². The van der Waals surface area contributed by atoms with E-state index in [1.54, 1.807) is 0 Å². The van der Waals surface area contributed by atoms with Gasteiger partial charge in [0.2, 0.25) is 0 Å². The van der Waals surface area contributed by atoms with Crippen molar-refractivity contribution < 1.29 is 0 Å². The maximum Gasteiger partial charge on any atom is 0.128 e. The fraction of sp³-hybridized carbons (Fsp3) is 0.688. The molecular formula is C16H26N4. The standard InChI is InChI=1S/C16H26N4/c1-3-15-12-20(9-8-19(15)2)16-7-4-13(11-18-16)10-17-14-5-6-14/h4,7,11,14-15,17H,3,5-6,8-10,12H2,1-2H3. The molecule has 4 nitrogen and oxygen atoms in total. The lowest BCUT2D eigenvalue weighted by Crippen LogP contribution is -2.51. The van der Waals surface area contributed by atoms with Crippen molar-refractivity contribution in [2.75, 3.05) is 31.6 Å². The van der Waals surface area contributed by atoms with Crippen LogP contribution in [0.5, 0.6) is 0 Å². The molecule has 1 aromatic heterocycles. The van der Waals surface area contributed by atoms with Gasteiger partial charge in [-0.1, -0.05) is 13.0 Å². The monoisotopic (exact) mass is 274 g/mol. The van der Waals surface area contributed by atoms with Crippen molar-refractivity contribution in [3.63, 3.8) is 0 Å². The summed E-state index contributed by atoms with van der Waals surface area (Å²) in [6.45, 7) is 6.54. The number of nitrogens with zero attached hydrogens (tertiary/aromatic N) is 3. The number of piperazine rings is 1. The zero-order chi connectivity index (χ0) is 13.9. The van der Waals surface area contributed by atoms with Gasteiger partial charge in [0.15, 0.2) is 0 Å². The fourth-order valence-electron chi connectivity index (χ4n) is 2.85. The summed E-state index contributed by atoms with van der Waals surface area (Å²) in [6.07, 6.45) is 5.91. The van der Waals surface area contributed by atoms with Gasteiger partial charge in [-0.25, -0.2) is 4.98 Å². The molecule has 2 fully saturated rings. The van der Waals surface area contributed by atoms with Gasteiger partial charge >= 0.3 is 0 Å². The van der Waals surface area contributed by atoms with E-state index in [-0.39, 0.29) is 0 Å². The van der Waals surface area contributed by atoms with E-state index in [0.29, 0.717) is 6.04 Å². The predicted molar refractivity (Wildman–Crippen MR) is 83.0 cm³/mol. The van der Waals surface area contributed by atoms with Crippen molar-refractivity contribution >= 4 is 5.82 Å². The van der Waals surface area contributed by atoms with Crippen LogP contribution in [-0.4, -0.2) is 48.6 Å². The highest BCUT2D eigenvalue weighted by molar-refractivity contribution is 5.40. The molecule has 0 amide bonds. The summed E-state index contributed by atoms with van der Waals surface area (Å²) in [6, 6.07) is 5.82. The summed E-state index contributed by atoms with van der Waals surface area (Å²) in [7, 11) is 2.23. The van der Waals surface area contributed by atoms with Gasteiger partial charge in [0.05, 0.1) is 0 Å². The quantitative estimate of drug-likeness (QED) is 0.888. The number of pyridine rings is 1. The van der Waals surface area contributed by atoms with Gasteiger partial charge in [0.25, 0.3) is 0 Å². The van der Waals surface area contributed by atoms with Crippen molar-refractivity contribution in [3.05, 3.63) is 23.9 Å². The number of rotatable bonds is 5. The molecule has 1 N–H and O–H groups in total. The Morgan fingerprint density at radius 1 is 1.30 bits per heavy atom. The van der Waals surface area contributed by atoms with Crippen LogP contribution in [0.2, 0.25) is 0 Å². The van der Waals surface area contributed by atoms with Gasteiger partial charge in [-0.05, 0) is 37.9 Å². The van der Waals surface area contributed by atoms with E-state index in [1.807, 2.05) is 6.20 Å². The van der Waals surface area contributed by atoms with E-state index in [4.69, 9.17) is 0 Å². The van der Waals surface area contributed by atoms with Gasteiger partial charge in [-0.2, -0.15) is 0 Å². The van der Waals surface area contributed by atoms with Crippen molar-refractivity contribution in [3.8, 4) is 0 Å². The zero-order valence-electron chi connectivity index (χ0n) is 12.7. The topological polar surface area (TPSA) is 31.4 Å². The lowest BCUT2D eigenvalue weighted by atomic mass is 10.1. The highest BCUT2D eigenvalue weighted by Crippen LogP contribution is 2.20. The second kappa shape index (κ2) is 6.10. The van der Waals surface area contributed by atoms with E-state index in [0.717, 1.165) is 38.0 Å². The highest BCUT2D eigenvalue weighted by atomic mass is 15.3. The molecule has 1 aliphatic carbocycles. The van der Waals surface area contributed by atoms with Crippen molar-refractivity contribution in [2.24, 2.45) is 0 Å². The fourth-order valence-corrected chi connectivity index (χ4v) is 2.85. The first-order valence-corrected chi connectivity index (χ1v) is 7.89. The molecule has 20 heavy (non-hydrogen) atoms. The summed E-state index contributed by atoms with van der Waals surface area (Å²) >= 11 is 0. The van der Waals surface area contributed by atoms with Crippen LogP contribution in [0, 0.1) is 0 Å². The van der Waals surface area contributed by atoms with Gasteiger partial charge in [-0.15, -0.1) is 0 Å². The Kier molecular flexibility index (Phi) is 4.22. The van der Waals surface area contributed by atoms with Crippen LogP contribution in [-0.2, 0) is 6.54 Å². The Bertz CT molecular complexity index is 427. The SMILES string of the molecule is CCC1CN(c2ccc(CNC3CC3)cn2)CCN1C. The summed E-state index contributed by atoms with van der Waals surface area (Å²) in [5.41, 5.74) is 1.29. The first-order chi connectivity index (χ1) is 9.76. The number of anilines is 1. The molecule has 1 aliphatic heterocycles. The van der Waals surface area contributed by atoms with Crippen molar-refractivity contribution in [1.82, 2.24) is 15.2 Å². The Hall–Kier alpha value is -1.13. The third-order valence-electron chi connectivity index (χ3n) is 4.55. The molecule has 1 saturated heterocycles. The third kappa shape index (κ3) is 3.30. The maximum atomic E-state index is 4.66. The van der Waals surface area contributed by atoms with E-state index >= 15 is 0 Å². The second-order valence-corrected chi connectivity index (χ2v) is 6.17. The number of nitrogens with one attached hydrogen (secondary N) is 1. The molecule has 0 spiro atoms. The summed E-state index contributed by atoms with van der Waals surface area (Å²) < 4.78 is 0. The van der Waals surface area contributed by atoms with Gasteiger partial charge in [-0.3, -0.25) is 4.90 Å². The minimum Gasteiger partial charge on any atom is -0.354 e. The van der Waals surface area contributed by atoms with Crippen LogP contribution < -0.4 is 10.2 Å². The van der Waals surface area contributed by atoms with Gasteiger partial charge in [0.1, 0.15) is 5.82 Å². The lowest BCUT2D eigenvalue weighted by molar-refractivity contribution is 0.213. The average Bonchev–Trinajstić information content (AvgIpc) is 3.30. The molecule has 1 unspecified atom stereocenters. The smallest absolute Gasteiger partial charge is 0.128 e. The zero-order valence-corrected chi connectivity index (χ0v) is 12.7. The van der Waals surface area contributed by atoms with E-state index < -0.39 is 0 Å². The van der Waals surface area contributed by atoms with Crippen LogP contribution in [0.4, 0.5) is 5.82 Å². The lowest BCUT2D eigenvalue weighted by Gasteiger charge is -2.39. The first-order valence-electron chi connectivity index (χ1n) is 7.89. The Morgan fingerprint density at radius 2 is 2.15 bits per heavy atom. The molecule has 2 heterocycles. The summed E-state index contributed by atoms with van der Waals surface area (Å²) in [5.74, 6) is 1.13. The minimum absolute atomic E-state index is 0.654. The Labute approximate surface area is 122 Å². The normalized spacial score (nSPS) is 24.1. The molecule has 1 saturated carbocycles. The summed E-state index contributed by atoms with van der Waals surface area (Å²) in [5, 5.41) is 3.53. The second-order valence-electron chi connectivity index (χ2n) is 6.17. The van der Waals surface area contributed by atoms with Crippen LogP contribution in [0.25, 0.3) is 0 Å². The first kappa shape index (κ1) is 13.8. The van der Waals surface area contributed by atoms with Crippen molar-refractivity contribution in [2.45, 2.75) is 44.8 Å². The largest absolute Gasteiger partial charge is 0.354 e. The van der Waals surface area contributed by atoms with Gasteiger partial charge in [0, 0.05) is 44.5 Å². The molecule has 4 heteroatoms. The highest BCUT2D eigenvalue weighted by Gasteiger charge is 2.23. The number of aromatic nitrogens is 1. The molecule has 110 valence electrons. The van der Waals surface area contributed by atoms with Crippen LogP contribution >= 0.6 is 0 Å². The van der Waals surface area contributed by atoms with Crippen molar-refractivity contribution in [1.29, 1.82) is 0 Å². The van der Waals surface area contributed by atoms with E-state index in [9.17, 15) is 0 Å². The average molecular weight is 274 g/mol. The van der Waals surface area contributed by atoms with Gasteiger partial charge < -0.3 is 10.2 Å². The predicted octanol–water partition coefficient (Wildman–Crippen LogP) is 1.86. The molecule has 3 rings (SSSR count). The number of hydrogen-bond donors (Lipinski definition) is 1. The summed E-state index contributed by atoms with van der Waals surface area (Å²) in [4.78, 5) is 9.55. The molecule has 2 aliphatic rings. The third-order valence-corrected chi connectivity index (χ3v) is 4.55. The molecule has 0 aromatic carbocycles.